The van der Waals surface area contributed by atoms with Gasteiger partial charge in [0.1, 0.15) is 0 Å². The lowest BCUT2D eigenvalue weighted by Gasteiger charge is -2.33. The summed E-state index contributed by atoms with van der Waals surface area (Å²) < 4.78 is 3.65. The van der Waals surface area contributed by atoms with E-state index in [-0.39, 0.29) is 11.6 Å². The van der Waals surface area contributed by atoms with Crippen molar-refractivity contribution in [3.05, 3.63) is 82.1 Å². The molecule has 1 unspecified atom stereocenters. The molecule has 2 N–H and O–H groups in total. The predicted molar refractivity (Wildman–Crippen MR) is 141 cm³/mol. The number of nitrogens with zero attached hydrogens (tertiary/aromatic N) is 5. The molecule has 4 aromatic rings. The van der Waals surface area contributed by atoms with Gasteiger partial charge >= 0.3 is 6.09 Å². The van der Waals surface area contributed by atoms with Crippen LogP contribution in [0.15, 0.2) is 70.6 Å². The van der Waals surface area contributed by atoms with Crippen molar-refractivity contribution in [1.82, 2.24) is 24.4 Å². The van der Waals surface area contributed by atoms with E-state index < -0.39 is 6.09 Å². The second kappa shape index (κ2) is 10.4. The van der Waals surface area contributed by atoms with Crippen LogP contribution in [0.5, 0.6) is 0 Å². The Morgan fingerprint density at radius 3 is 2.28 bits per heavy atom. The summed E-state index contributed by atoms with van der Waals surface area (Å²) >= 11 is 1.42. The number of carboxylic acid groups (broad SMARTS) is 1. The molecular weight excluding hydrogens is 476 g/mol. The Bertz CT molecular complexity index is 1420. The maximum Gasteiger partial charge on any atom is 0.404 e. The van der Waals surface area contributed by atoms with Crippen LogP contribution in [-0.2, 0) is 13.1 Å². The average Bonchev–Trinajstić information content (AvgIpc) is 3.25. The molecule has 186 valence electrons. The summed E-state index contributed by atoms with van der Waals surface area (Å²) in [5.74, 6) is 0.639. The van der Waals surface area contributed by atoms with Gasteiger partial charge in [-0.2, -0.15) is 4.98 Å². The van der Waals surface area contributed by atoms with Gasteiger partial charge in [0.2, 0.25) is 5.95 Å². The lowest BCUT2D eigenvalue weighted by molar-refractivity contribution is 0.188. The lowest BCUT2D eigenvalue weighted by Crippen LogP contribution is -2.48. The van der Waals surface area contributed by atoms with Crippen LogP contribution in [-0.4, -0.2) is 55.7 Å². The fourth-order valence-electron chi connectivity index (χ4n) is 4.75. The highest BCUT2D eigenvalue weighted by atomic mass is 32.2. The van der Waals surface area contributed by atoms with Crippen LogP contribution in [0.25, 0.3) is 11.2 Å². The first-order valence-corrected chi connectivity index (χ1v) is 13.1. The highest BCUT2D eigenvalue weighted by Crippen LogP contribution is 2.26. The van der Waals surface area contributed by atoms with E-state index in [9.17, 15) is 14.7 Å². The number of carbonyl (C=O) groups is 1. The van der Waals surface area contributed by atoms with Gasteiger partial charge in [-0.05, 0) is 30.2 Å². The number of piperidine rings is 1. The van der Waals surface area contributed by atoms with E-state index in [0.717, 1.165) is 30.5 Å². The Labute approximate surface area is 212 Å². The Morgan fingerprint density at radius 1 is 1.03 bits per heavy atom. The minimum Gasteiger partial charge on any atom is -0.465 e. The van der Waals surface area contributed by atoms with Crippen LogP contribution >= 0.6 is 11.8 Å². The lowest BCUT2D eigenvalue weighted by atomic mass is 10.1. The van der Waals surface area contributed by atoms with Crippen molar-refractivity contribution in [1.29, 1.82) is 0 Å². The molecule has 2 aromatic heterocycles. The second-order valence-electron chi connectivity index (χ2n) is 8.87. The van der Waals surface area contributed by atoms with E-state index in [0.29, 0.717) is 41.9 Å². The smallest absolute Gasteiger partial charge is 0.404 e. The van der Waals surface area contributed by atoms with Crippen molar-refractivity contribution in [2.24, 2.45) is 0 Å². The van der Waals surface area contributed by atoms with E-state index in [1.807, 2.05) is 71.5 Å². The first-order valence-electron chi connectivity index (χ1n) is 11.9. The average molecular weight is 505 g/mol. The fraction of sp³-hybridized carbons (Fsp3) is 0.308. The number of hydrogen-bond acceptors (Lipinski definition) is 6. The molecule has 1 aliphatic rings. The predicted octanol–water partition coefficient (Wildman–Crippen LogP) is 3.65. The van der Waals surface area contributed by atoms with Gasteiger partial charge in [-0.1, -0.05) is 72.4 Å². The van der Waals surface area contributed by atoms with Crippen LogP contribution in [0.3, 0.4) is 0 Å². The molecule has 10 heteroatoms. The minimum absolute atomic E-state index is 0.139. The highest BCUT2D eigenvalue weighted by molar-refractivity contribution is 7.98. The van der Waals surface area contributed by atoms with Crippen molar-refractivity contribution in [3.8, 4) is 0 Å². The number of nitrogens with one attached hydrogen (secondary N) is 1. The van der Waals surface area contributed by atoms with Crippen molar-refractivity contribution in [3.63, 3.8) is 0 Å². The van der Waals surface area contributed by atoms with Crippen molar-refractivity contribution < 1.29 is 9.90 Å². The summed E-state index contributed by atoms with van der Waals surface area (Å²) in [6.07, 6.45) is 2.46. The molecule has 1 atom stereocenters. The van der Waals surface area contributed by atoms with Gasteiger partial charge in [-0.25, -0.2) is 9.78 Å². The summed E-state index contributed by atoms with van der Waals surface area (Å²) in [5.41, 5.74) is 2.78. The summed E-state index contributed by atoms with van der Waals surface area (Å²) in [5, 5.41) is 12.4. The first kappa shape index (κ1) is 23.9. The summed E-state index contributed by atoms with van der Waals surface area (Å²) in [6, 6.07) is 19.6. The molecule has 1 amide bonds. The normalized spacial score (nSPS) is 15.8. The maximum absolute atomic E-state index is 14.0. The van der Waals surface area contributed by atoms with Gasteiger partial charge in [-0.3, -0.25) is 13.9 Å². The molecular formula is C26H28N6O3S. The molecule has 9 nitrogen and oxygen atoms in total. The third kappa shape index (κ3) is 4.94. The number of rotatable bonds is 7. The molecule has 1 aliphatic heterocycles. The van der Waals surface area contributed by atoms with Crippen LogP contribution in [0.4, 0.5) is 10.7 Å². The molecule has 36 heavy (non-hydrogen) atoms. The Kier molecular flexibility index (Phi) is 6.95. The zero-order chi connectivity index (χ0) is 25.1. The third-order valence-corrected chi connectivity index (χ3v) is 7.07. The standard InChI is InChI=1S/C26H28N6O3S/c1-36-25-29-22-21(23(33)32(25)16-19-11-6-3-7-12-19)31(15-18-9-4-2-5-10-18)24(28-22)30-14-8-13-20(17-30)27-26(34)35/h2-7,9-12,20,27H,8,13-17H2,1H3,(H,34,35). The number of thioether (sulfide) groups is 1. The number of hydrogen-bond donors (Lipinski definition) is 2. The first-order chi connectivity index (χ1) is 17.5. The second-order valence-corrected chi connectivity index (χ2v) is 9.64. The molecule has 0 radical (unpaired) electrons. The Morgan fingerprint density at radius 2 is 1.67 bits per heavy atom. The number of aromatic nitrogens is 4. The minimum atomic E-state index is -1.03. The van der Waals surface area contributed by atoms with E-state index in [4.69, 9.17) is 9.97 Å². The quantitative estimate of drug-likeness (QED) is 0.292. The zero-order valence-electron chi connectivity index (χ0n) is 20.0. The van der Waals surface area contributed by atoms with Crippen molar-refractivity contribution >= 4 is 35.0 Å². The summed E-state index contributed by atoms with van der Waals surface area (Å²) in [4.78, 5) is 36.9. The molecule has 0 bridgehead atoms. The van der Waals surface area contributed by atoms with Crippen LogP contribution in [0, 0.1) is 0 Å². The highest BCUT2D eigenvalue weighted by Gasteiger charge is 2.28. The van der Waals surface area contributed by atoms with Crippen LogP contribution in [0.2, 0.25) is 0 Å². The van der Waals surface area contributed by atoms with Gasteiger partial charge in [0.25, 0.3) is 5.56 Å². The summed E-state index contributed by atoms with van der Waals surface area (Å²) in [6.45, 7) is 2.08. The number of anilines is 1. The monoisotopic (exact) mass is 504 g/mol. The van der Waals surface area contributed by atoms with Crippen molar-refractivity contribution in [2.45, 2.75) is 37.1 Å². The van der Waals surface area contributed by atoms with E-state index in [1.54, 1.807) is 4.57 Å². The third-order valence-electron chi connectivity index (χ3n) is 6.39. The van der Waals surface area contributed by atoms with Gasteiger partial charge < -0.3 is 15.3 Å². The number of benzene rings is 2. The maximum atomic E-state index is 14.0. The zero-order valence-corrected chi connectivity index (χ0v) is 20.8. The van der Waals surface area contributed by atoms with Gasteiger partial charge in [-0.15, -0.1) is 0 Å². The van der Waals surface area contributed by atoms with Crippen LogP contribution in [0.1, 0.15) is 24.0 Å². The molecule has 1 saturated heterocycles. The van der Waals surface area contributed by atoms with Crippen LogP contribution < -0.4 is 15.8 Å². The fourth-order valence-corrected chi connectivity index (χ4v) is 5.30. The van der Waals surface area contributed by atoms with E-state index >= 15 is 0 Å². The Hall–Kier alpha value is -3.79. The molecule has 0 saturated carbocycles. The number of fused-ring (bicyclic) bond motifs is 1. The molecule has 0 aliphatic carbocycles. The largest absolute Gasteiger partial charge is 0.465 e. The van der Waals surface area contributed by atoms with E-state index in [2.05, 4.69) is 10.2 Å². The molecule has 2 aromatic carbocycles. The molecule has 0 spiro atoms. The SMILES string of the molecule is CSc1nc2nc(N3CCCC(NC(=O)O)C3)n(Cc3ccccc3)c2c(=O)n1Cc1ccccc1. The number of amides is 1. The van der Waals surface area contributed by atoms with Crippen molar-refractivity contribution in [2.75, 3.05) is 24.2 Å². The van der Waals surface area contributed by atoms with E-state index in [1.165, 1.54) is 11.8 Å². The number of imidazole rings is 1. The summed E-state index contributed by atoms with van der Waals surface area (Å²) in [7, 11) is 0. The topological polar surface area (TPSA) is 105 Å². The Balaban J connectivity index is 1.64. The van der Waals surface area contributed by atoms with Gasteiger partial charge in [0.05, 0.1) is 13.1 Å². The molecule has 5 rings (SSSR count). The van der Waals surface area contributed by atoms with Gasteiger partial charge in [0, 0.05) is 19.1 Å². The molecule has 3 heterocycles. The molecule has 1 fully saturated rings. The van der Waals surface area contributed by atoms with Gasteiger partial charge in [0.15, 0.2) is 16.3 Å².